The summed E-state index contributed by atoms with van der Waals surface area (Å²) in [5.74, 6) is -1.19. The van der Waals surface area contributed by atoms with Crippen LogP contribution in [-0.2, 0) is 14.3 Å². The largest absolute Gasteiger partial charge is 0.480 e. The summed E-state index contributed by atoms with van der Waals surface area (Å²) in [6.45, 7) is 3.62. The fourth-order valence-electron chi connectivity index (χ4n) is 3.84. The number of carbonyl (C=O) groups is 2. The minimum Gasteiger partial charge on any atom is -0.480 e. The fourth-order valence-corrected chi connectivity index (χ4v) is 3.84. The normalized spacial score (nSPS) is 14.6. The van der Waals surface area contributed by atoms with Crippen LogP contribution in [0.15, 0.2) is 48.8 Å². The number of nitrogens with zero attached hydrogens (tertiary/aromatic N) is 4. The first-order valence-corrected chi connectivity index (χ1v) is 10.5. The highest BCUT2D eigenvalue weighted by Gasteiger charge is 2.19. The van der Waals surface area contributed by atoms with Crippen LogP contribution in [0.5, 0.6) is 0 Å². The van der Waals surface area contributed by atoms with Gasteiger partial charge in [0.05, 0.1) is 29.7 Å². The van der Waals surface area contributed by atoms with Crippen molar-refractivity contribution in [1.82, 2.24) is 14.5 Å². The molecule has 0 atom stereocenters. The molecular formula is C23H26N4O5. The van der Waals surface area contributed by atoms with Gasteiger partial charge in [-0.05, 0) is 36.4 Å². The molecule has 0 bridgehead atoms. The Bertz CT molecular complexity index is 1100. The monoisotopic (exact) mass is 438 g/mol. The number of fused-ring (bicyclic) bond motifs is 1. The van der Waals surface area contributed by atoms with E-state index in [1.54, 1.807) is 25.6 Å². The summed E-state index contributed by atoms with van der Waals surface area (Å²) in [5, 5.41) is 8.98. The standard InChI is InChI=1S/C23H26N4O5/c1-31-11-12-32-23(30)17-5-6-21-20(13-17)24-16-27(21)19-4-2-3-18(14-19)26-9-7-25(8-10-26)15-22(28)29/h2-6,13-14,16H,7-12,15H2,1H3,(H,28,29). The summed E-state index contributed by atoms with van der Waals surface area (Å²) in [7, 11) is 1.56. The van der Waals surface area contributed by atoms with E-state index in [0.29, 0.717) is 30.8 Å². The first kappa shape index (κ1) is 21.8. The molecule has 32 heavy (non-hydrogen) atoms. The second kappa shape index (κ2) is 9.80. The topological polar surface area (TPSA) is 97.1 Å². The van der Waals surface area contributed by atoms with Crippen molar-refractivity contribution >= 4 is 28.7 Å². The number of aliphatic carboxylic acids is 1. The molecule has 9 heteroatoms. The SMILES string of the molecule is COCCOC(=O)c1ccc2c(c1)ncn2-c1cccc(N2CCN(CC(=O)O)CC2)c1. The van der Waals surface area contributed by atoms with Crippen LogP contribution >= 0.6 is 0 Å². The summed E-state index contributed by atoms with van der Waals surface area (Å²) in [6, 6.07) is 13.5. The van der Waals surface area contributed by atoms with E-state index in [1.807, 2.05) is 27.7 Å². The molecule has 0 saturated carbocycles. The van der Waals surface area contributed by atoms with Crippen LogP contribution in [0.2, 0.25) is 0 Å². The van der Waals surface area contributed by atoms with Gasteiger partial charge in [-0.2, -0.15) is 0 Å². The Kier molecular flexibility index (Phi) is 6.67. The van der Waals surface area contributed by atoms with Gasteiger partial charge in [0.2, 0.25) is 0 Å². The Labute approximate surface area is 185 Å². The molecule has 1 N–H and O–H groups in total. The molecular weight excluding hydrogens is 412 g/mol. The third-order valence-corrected chi connectivity index (χ3v) is 5.51. The number of benzene rings is 2. The minimum atomic E-state index is -0.793. The molecule has 9 nitrogen and oxygen atoms in total. The van der Waals surface area contributed by atoms with Crippen molar-refractivity contribution in [3.63, 3.8) is 0 Å². The molecule has 1 fully saturated rings. The molecule has 0 spiro atoms. The number of carbonyl (C=O) groups excluding carboxylic acids is 1. The predicted octanol–water partition coefficient (Wildman–Crippen LogP) is 2.04. The number of anilines is 1. The molecule has 1 aromatic heterocycles. The molecule has 1 aliphatic rings. The maximum Gasteiger partial charge on any atom is 0.338 e. The van der Waals surface area contributed by atoms with Crippen molar-refractivity contribution in [2.75, 3.05) is 57.9 Å². The smallest absolute Gasteiger partial charge is 0.338 e. The summed E-state index contributed by atoms with van der Waals surface area (Å²) in [6.07, 6.45) is 1.74. The second-order valence-electron chi connectivity index (χ2n) is 7.62. The lowest BCUT2D eigenvalue weighted by Gasteiger charge is -2.35. The number of aromatic nitrogens is 2. The first-order valence-electron chi connectivity index (χ1n) is 10.5. The number of esters is 1. The Morgan fingerprint density at radius 2 is 1.81 bits per heavy atom. The van der Waals surface area contributed by atoms with Crippen LogP contribution in [0.3, 0.4) is 0 Å². The molecule has 0 unspecified atom stereocenters. The van der Waals surface area contributed by atoms with Gasteiger partial charge < -0.3 is 19.5 Å². The van der Waals surface area contributed by atoms with Gasteiger partial charge in [-0.25, -0.2) is 9.78 Å². The number of ether oxygens (including phenoxy) is 2. The van der Waals surface area contributed by atoms with Crippen molar-refractivity contribution in [1.29, 1.82) is 0 Å². The van der Waals surface area contributed by atoms with E-state index in [9.17, 15) is 9.59 Å². The molecule has 3 aromatic rings. The number of rotatable bonds is 8. The van der Waals surface area contributed by atoms with Crippen LogP contribution < -0.4 is 4.90 Å². The van der Waals surface area contributed by atoms with Crippen molar-refractivity contribution in [2.45, 2.75) is 0 Å². The summed E-state index contributed by atoms with van der Waals surface area (Å²) in [4.78, 5) is 31.8. The Morgan fingerprint density at radius 1 is 1.03 bits per heavy atom. The van der Waals surface area contributed by atoms with E-state index in [0.717, 1.165) is 30.0 Å². The molecule has 2 aromatic carbocycles. The number of hydrogen-bond donors (Lipinski definition) is 1. The van der Waals surface area contributed by atoms with E-state index >= 15 is 0 Å². The van der Waals surface area contributed by atoms with Gasteiger partial charge in [-0.1, -0.05) is 6.07 Å². The maximum atomic E-state index is 12.2. The highest BCUT2D eigenvalue weighted by molar-refractivity contribution is 5.94. The third-order valence-electron chi connectivity index (χ3n) is 5.51. The van der Waals surface area contributed by atoms with Gasteiger partial charge in [-0.15, -0.1) is 0 Å². The van der Waals surface area contributed by atoms with E-state index < -0.39 is 11.9 Å². The van der Waals surface area contributed by atoms with Crippen LogP contribution in [0.25, 0.3) is 16.7 Å². The zero-order chi connectivity index (χ0) is 22.5. The lowest BCUT2D eigenvalue weighted by molar-refractivity contribution is -0.138. The van der Waals surface area contributed by atoms with Crippen molar-refractivity contribution in [3.8, 4) is 5.69 Å². The summed E-state index contributed by atoms with van der Waals surface area (Å²) in [5.41, 5.74) is 4.10. The van der Waals surface area contributed by atoms with Gasteiger partial charge in [0, 0.05) is 44.7 Å². The maximum absolute atomic E-state index is 12.2. The van der Waals surface area contributed by atoms with Crippen LogP contribution in [0, 0.1) is 0 Å². The van der Waals surface area contributed by atoms with Crippen molar-refractivity contribution in [2.24, 2.45) is 0 Å². The average Bonchev–Trinajstić information content (AvgIpc) is 3.23. The minimum absolute atomic E-state index is 0.0802. The van der Waals surface area contributed by atoms with Crippen molar-refractivity contribution in [3.05, 3.63) is 54.4 Å². The highest BCUT2D eigenvalue weighted by atomic mass is 16.6. The zero-order valence-electron chi connectivity index (χ0n) is 17.9. The molecule has 4 rings (SSSR count). The summed E-state index contributed by atoms with van der Waals surface area (Å²) >= 11 is 0. The molecule has 1 saturated heterocycles. The third kappa shape index (κ3) is 4.90. The van der Waals surface area contributed by atoms with E-state index in [2.05, 4.69) is 22.0 Å². The van der Waals surface area contributed by atoms with E-state index in [4.69, 9.17) is 14.6 Å². The molecule has 0 radical (unpaired) electrons. The zero-order valence-corrected chi connectivity index (χ0v) is 17.9. The Hall–Kier alpha value is -3.43. The lowest BCUT2D eigenvalue weighted by Crippen LogP contribution is -2.48. The van der Waals surface area contributed by atoms with Gasteiger partial charge >= 0.3 is 11.9 Å². The number of imidazole rings is 1. The van der Waals surface area contributed by atoms with E-state index in [1.165, 1.54) is 0 Å². The lowest BCUT2D eigenvalue weighted by atomic mass is 10.2. The molecule has 1 aliphatic heterocycles. The van der Waals surface area contributed by atoms with Gasteiger partial charge in [0.15, 0.2) is 0 Å². The highest BCUT2D eigenvalue weighted by Crippen LogP contribution is 2.24. The molecule has 168 valence electrons. The Balaban J connectivity index is 1.50. The molecule has 0 amide bonds. The summed E-state index contributed by atoms with van der Waals surface area (Å²) < 4.78 is 12.1. The second-order valence-corrected chi connectivity index (χ2v) is 7.62. The Morgan fingerprint density at radius 3 is 2.56 bits per heavy atom. The number of carboxylic acid groups (broad SMARTS) is 1. The predicted molar refractivity (Wildman–Crippen MR) is 120 cm³/mol. The van der Waals surface area contributed by atoms with Gasteiger partial charge in [0.1, 0.15) is 12.9 Å². The number of piperazine rings is 1. The quantitative estimate of drug-likeness (QED) is 0.422. The molecule has 2 heterocycles. The average molecular weight is 438 g/mol. The number of methoxy groups -OCH3 is 1. The van der Waals surface area contributed by atoms with Crippen LogP contribution in [0.4, 0.5) is 5.69 Å². The van der Waals surface area contributed by atoms with Crippen LogP contribution in [0.1, 0.15) is 10.4 Å². The van der Waals surface area contributed by atoms with E-state index in [-0.39, 0.29) is 13.2 Å². The van der Waals surface area contributed by atoms with Gasteiger partial charge in [0.25, 0.3) is 0 Å². The van der Waals surface area contributed by atoms with Gasteiger partial charge in [-0.3, -0.25) is 14.3 Å². The number of hydrogen-bond acceptors (Lipinski definition) is 7. The first-order chi connectivity index (χ1) is 15.5. The fraction of sp³-hybridized carbons (Fsp3) is 0.348. The van der Waals surface area contributed by atoms with Crippen molar-refractivity contribution < 1.29 is 24.2 Å². The van der Waals surface area contributed by atoms with Crippen LogP contribution in [-0.4, -0.2) is 84.5 Å². The molecule has 0 aliphatic carbocycles. The number of carboxylic acids is 1.